The summed E-state index contributed by atoms with van der Waals surface area (Å²) < 4.78 is 0. The summed E-state index contributed by atoms with van der Waals surface area (Å²) in [5.41, 5.74) is 17.8. The lowest BCUT2D eigenvalue weighted by molar-refractivity contribution is 0.781. The van der Waals surface area contributed by atoms with Crippen molar-refractivity contribution in [3.05, 3.63) is 247 Å². The molecule has 0 spiro atoms. The van der Waals surface area contributed by atoms with Crippen LogP contribution in [0.4, 0.5) is 0 Å². The highest BCUT2D eigenvalue weighted by atomic mass is 15.0. The predicted octanol–water partition coefficient (Wildman–Crippen LogP) is 13.5. The van der Waals surface area contributed by atoms with Crippen molar-refractivity contribution in [2.45, 2.75) is 18.9 Å². The van der Waals surface area contributed by atoms with Crippen LogP contribution in [0, 0.1) is 0 Å². The first-order valence-electron chi connectivity index (χ1n) is 20.6. The average molecular weight is 771 g/mol. The number of aromatic nitrogens is 2. The molecular formula is C56H42N4. The van der Waals surface area contributed by atoms with Crippen LogP contribution in [0.15, 0.2) is 224 Å². The Bertz CT molecular complexity index is 2930. The van der Waals surface area contributed by atoms with E-state index in [1.54, 1.807) is 0 Å². The molecule has 8 aromatic rings. The highest BCUT2D eigenvalue weighted by molar-refractivity contribution is 6.05. The molecule has 1 N–H and O–H groups in total. The van der Waals surface area contributed by atoms with Gasteiger partial charge >= 0.3 is 0 Å². The van der Waals surface area contributed by atoms with E-state index in [1.807, 2.05) is 30.6 Å². The van der Waals surface area contributed by atoms with Crippen LogP contribution < -0.4 is 5.32 Å². The summed E-state index contributed by atoms with van der Waals surface area (Å²) >= 11 is 0. The van der Waals surface area contributed by atoms with Crippen molar-refractivity contribution in [1.29, 1.82) is 0 Å². The third-order valence-corrected chi connectivity index (χ3v) is 11.3. The van der Waals surface area contributed by atoms with Gasteiger partial charge in [-0.1, -0.05) is 133 Å². The van der Waals surface area contributed by atoms with Crippen LogP contribution in [0.1, 0.15) is 46.8 Å². The van der Waals surface area contributed by atoms with Gasteiger partial charge in [0.1, 0.15) is 5.84 Å². The first kappa shape index (κ1) is 36.6. The molecule has 2 aromatic heterocycles. The highest BCUT2D eigenvalue weighted by Crippen LogP contribution is 2.36. The molecule has 1 unspecified atom stereocenters. The molecule has 2 aliphatic rings. The van der Waals surface area contributed by atoms with E-state index in [2.05, 4.69) is 203 Å². The Labute approximate surface area is 351 Å². The molecule has 60 heavy (non-hydrogen) atoms. The Morgan fingerprint density at radius 3 is 1.62 bits per heavy atom. The van der Waals surface area contributed by atoms with Gasteiger partial charge in [0.2, 0.25) is 0 Å². The maximum atomic E-state index is 5.34. The van der Waals surface area contributed by atoms with Gasteiger partial charge in [0.05, 0.1) is 23.1 Å². The van der Waals surface area contributed by atoms with Crippen LogP contribution in [0.3, 0.4) is 0 Å². The minimum Gasteiger partial charge on any atom is -0.359 e. The van der Waals surface area contributed by atoms with Crippen LogP contribution in [0.5, 0.6) is 0 Å². The molecule has 1 aliphatic carbocycles. The van der Waals surface area contributed by atoms with E-state index in [0.717, 1.165) is 85.8 Å². The largest absolute Gasteiger partial charge is 0.359 e. The van der Waals surface area contributed by atoms with Gasteiger partial charge in [0.25, 0.3) is 0 Å². The second kappa shape index (κ2) is 16.7. The molecule has 4 heteroatoms. The molecule has 286 valence electrons. The summed E-state index contributed by atoms with van der Waals surface area (Å²) in [6, 6.07) is 66.5. The van der Waals surface area contributed by atoms with E-state index >= 15 is 0 Å². The SMILES string of the molecule is C1=C(c2cccc(-c3cc(C4=NC(c5ccccc5)=CC(c5ccccc5)N4)cc(-c4cccc(-c5cccc(-c6ccccn6)c5)c4)c3)c2)C=C(c2ccccn2)CC1. The lowest BCUT2D eigenvalue weighted by Gasteiger charge is -2.25. The van der Waals surface area contributed by atoms with Crippen LogP contribution in [-0.2, 0) is 0 Å². The molecule has 1 atom stereocenters. The number of hydrogen-bond acceptors (Lipinski definition) is 4. The molecule has 0 amide bonds. The number of amidine groups is 1. The maximum Gasteiger partial charge on any atom is 0.134 e. The molecular weight excluding hydrogens is 729 g/mol. The van der Waals surface area contributed by atoms with Crippen molar-refractivity contribution in [3.8, 4) is 44.6 Å². The zero-order valence-electron chi connectivity index (χ0n) is 33.1. The lowest BCUT2D eigenvalue weighted by Crippen LogP contribution is -2.31. The third-order valence-electron chi connectivity index (χ3n) is 11.3. The highest BCUT2D eigenvalue weighted by Gasteiger charge is 2.21. The summed E-state index contributed by atoms with van der Waals surface area (Å²) in [7, 11) is 0. The molecule has 0 saturated heterocycles. The van der Waals surface area contributed by atoms with Gasteiger partial charge in [0, 0.05) is 23.5 Å². The molecule has 0 bridgehead atoms. The molecule has 0 radical (unpaired) electrons. The fraction of sp³-hybridized carbons (Fsp3) is 0.0536. The standard InChI is InChI=1S/C56H42N4/c1-3-15-39(16-4-1)54-38-55(40-17-5-2-6-18-40)60-56(59-54)51-36-49(45-23-11-19-41(31-45)43-21-13-25-47(33-43)52-27-7-9-29-57-52)35-50(37-51)46-24-12-20-42(32-46)44-22-14-26-48(34-44)53-28-8-10-30-58-53/h1-13,15-25,27-38,54H,14,26H2,(H,59,60). The number of nitrogens with zero attached hydrogens (tertiary/aromatic N) is 3. The number of hydrogen-bond donors (Lipinski definition) is 1. The van der Waals surface area contributed by atoms with Crippen molar-refractivity contribution in [2.24, 2.45) is 4.99 Å². The third kappa shape index (κ3) is 7.92. The van der Waals surface area contributed by atoms with E-state index in [-0.39, 0.29) is 6.04 Å². The summed E-state index contributed by atoms with van der Waals surface area (Å²) in [5, 5.41) is 3.83. The van der Waals surface area contributed by atoms with E-state index in [4.69, 9.17) is 4.99 Å². The van der Waals surface area contributed by atoms with E-state index in [9.17, 15) is 0 Å². The number of pyridine rings is 2. The van der Waals surface area contributed by atoms with E-state index in [0.29, 0.717) is 0 Å². The van der Waals surface area contributed by atoms with Crippen LogP contribution in [0.2, 0.25) is 0 Å². The predicted molar refractivity (Wildman–Crippen MR) is 249 cm³/mol. The van der Waals surface area contributed by atoms with Gasteiger partial charge in [-0.15, -0.1) is 0 Å². The molecule has 4 nitrogen and oxygen atoms in total. The molecule has 1 aliphatic heterocycles. The number of allylic oxidation sites excluding steroid dienone is 4. The molecule has 3 heterocycles. The Hall–Kier alpha value is -7.69. The van der Waals surface area contributed by atoms with Crippen molar-refractivity contribution in [2.75, 3.05) is 0 Å². The van der Waals surface area contributed by atoms with Crippen molar-refractivity contribution in [3.63, 3.8) is 0 Å². The minimum atomic E-state index is -0.0580. The van der Waals surface area contributed by atoms with Gasteiger partial charge in [0.15, 0.2) is 0 Å². The zero-order chi connectivity index (χ0) is 40.1. The van der Waals surface area contributed by atoms with Gasteiger partial charge in [-0.05, 0) is 147 Å². The maximum absolute atomic E-state index is 5.34. The second-order valence-electron chi connectivity index (χ2n) is 15.3. The Morgan fingerprint density at radius 2 is 0.950 bits per heavy atom. The number of benzene rings is 6. The summed E-state index contributed by atoms with van der Waals surface area (Å²) in [6.07, 6.45) is 12.6. The fourth-order valence-corrected chi connectivity index (χ4v) is 8.20. The van der Waals surface area contributed by atoms with Gasteiger partial charge in [-0.25, -0.2) is 4.99 Å². The van der Waals surface area contributed by atoms with E-state index in [1.165, 1.54) is 22.3 Å². The summed E-state index contributed by atoms with van der Waals surface area (Å²) in [5.74, 6) is 0.835. The Morgan fingerprint density at radius 1 is 0.433 bits per heavy atom. The topological polar surface area (TPSA) is 50.2 Å². The van der Waals surface area contributed by atoms with Crippen LogP contribution in [0.25, 0.3) is 61.5 Å². The molecule has 10 rings (SSSR count). The number of nitrogens with one attached hydrogen (secondary N) is 1. The van der Waals surface area contributed by atoms with Crippen molar-refractivity contribution >= 4 is 22.7 Å². The van der Waals surface area contributed by atoms with Crippen molar-refractivity contribution in [1.82, 2.24) is 15.3 Å². The summed E-state index contributed by atoms with van der Waals surface area (Å²) in [4.78, 5) is 14.6. The van der Waals surface area contributed by atoms with Gasteiger partial charge < -0.3 is 5.32 Å². The quantitative estimate of drug-likeness (QED) is 0.159. The van der Waals surface area contributed by atoms with Gasteiger partial charge in [-0.2, -0.15) is 0 Å². The Balaban J connectivity index is 1.09. The normalized spacial score (nSPS) is 14.9. The zero-order valence-corrected chi connectivity index (χ0v) is 33.1. The van der Waals surface area contributed by atoms with Crippen LogP contribution >= 0.6 is 0 Å². The lowest BCUT2D eigenvalue weighted by atomic mass is 9.90. The van der Waals surface area contributed by atoms with E-state index < -0.39 is 0 Å². The second-order valence-corrected chi connectivity index (χ2v) is 15.3. The smallest absolute Gasteiger partial charge is 0.134 e. The fourth-order valence-electron chi connectivity index (χ4n) is 8.20. The monoisotopic (exact) mass is 770 g/mol. The summed E-state index contributed by atoms with van der Waals surface area (Å²) in [6.45, 7) is 0. The minimum absolute atomic E-state index is 0.0580. The number of rotatable bonds is 9. The number of aliphatic imine (C=N–C) groups is 1. The average Bonchev–Trinajstić information content (AvgIpc) is 3.35. The Kier molecular flexibility index (Phi) is 10.2. The molecule has 0 fully saturated rings. The molecule has 6 aromatic carbocycles. The first-order chi connectivity index (χ1) is 29.7. The molecule has 0 saturated carbocycles. The van der Waals surface area contributed by atoms with Gasteiger partial charge in [-0.3, -0.25) is 9.97 Å². The van der Waals surface area contributed by atoms with Crippen LogP contribution in [-0.4, -0.2) is 15.8 Å². The van der Waals surface area contributed by atoms with Crippen molar-refractivity contribution < 1.29 is 0 Å². The first-order valence-corrected chi connectivity index (χ1v) is 20.6.